The Morgan fingerprint density at radius 2 is 1.03 bits per heavy atom. The van der Waals surface area contributed by atoms with E-state index in [1.807, 2.05) is 92.7 Å². The van der Waals surface area contributed by atoms with Gasteiger partial charge in [-0.2, -0.15) is 0 Å². The molecular formula is C27H21N5. The molecule has 5 nitrogen and oxygen atoms in total. The lowest BCUT2D eigenvalue weighted by Crippen LogP contribution is -2.05. The monoisotopic (exact) mass is 415 g/mol. The van der Waals surface area contributed by atoms with E-state index in [0.717, 1.165) is 56.0 Å². The highest BCUT2D eigenvalue weighted by Crippen LogP contribution is 2.26. The Bertz CT molecular complexity index is 1380. The summed E-state index contributed by atoms with van der Waals surface area (Å²) in [5, 5.41) is 2.04. The molecule has 32 heavy (non-hydrogen) atoms. The molecule has 0 unspecified atom stereocenters. The number of fused-ring (bicyclic) bond motifs is 2. The first-order valence-corrected chi connectivity index (χ1v) is 10.4. The summed E-state index contributed by atoms with van der Waals surface area (Å²) in [6.07, 6.45) is 3.57. The molecule has 0 fully saturated rings. The summed E-state index contributed by atoms with van der Waals surface area (Å²) in [5.41, 5.74) is 6.93. The van der Waals surface area contributed by atoms with Gasteiger partial charge in [-0.25, -0.2) is 4.98 Å². The molecular weight excluding hydrogens is 394 g/mol. The van der Waals surface area contributed by atoms with Crippen LogP contribution in [0.2, 0.25) is 0 Å². The number of aliphatic imine (C=N–C) groups is 2. The van der Waals surface area contributed by atoms with Gasteiger partial charge in [-0.05, 0) is 50.2 Å². The van der Waals surface area contributed by atoms with E-state index in [4.69, 9.17) is 15.0 Å². The number of hydrogen-bond acceptors (Lipinski definition) is 5. The zero-order valence-corrected chi connectivity index (χ0v) is 17.9. The minimum atomic E-state index is 0.817. The van der Waals surface area contributed by atoms with Crippen LogP contribution >= 0.6 is 0 Å². The quantitative estimate of drug-likeness (QED) is 0.316. The summed E-state index contributed by atoms with van der Waals surface area (Å²) in [6, 6.07) is 25.8. The maximum atomic E-state index is 4.85. The van der Waals surface area contributed by atoms with Crippen LogP contribution in [-0.2, 0) is 0 Å². The van der Waals surface area contributed by atoms with Gasteiger partial charge in [-0.15, -0.1) is 0 Å². The maximum absolute atomic E-state index is 4.85. The van der Waals surface area contributed by atoms with E-state index in [-0.39, 0.29) is 0 Å². The molecule has 2 aromatic carbocycles. The fraction of sp³-hybridized carbons (Fsp3) is 0.0741. The van der Waals surface area contributed by atoms with E-state index < -0.39 is 0 Å². The lowest BCUT2D eigenvalue weighted by molar-refractivity contribution is 1.24. The molecule has 0 atom stereocenters. The summed E-state index contributed by atoms with van der Waals surface area (Å²) in [4.78, 5) is 23.4. The van der Waals surface area contributed by atoms with Gasteiger partial charge < -0.3 is 0 Å². The largest absolute Gasteiger partial charge is 0.256 e. The topological polar surface area (TPSA) is 63.4 Å². The van der Waals surface area contributed by atoms with Gasteiger partial charge in [0.15, 0.2) is 0 Å². The van der Waals surface area contributed by atoms with Crippen molar-refractivity contribution in [2.24, 2.45) is 9.98 Å². The van der Waals surface area contributed by atoms with Crippen LogP contribution in [0.15, 0.2) is 101 Å². The van der Waals surface area contributed by atoms with Gasteiger partial charge >= 0.3 is 0 Å². The van der Waals surface area contributed by atoms with Gasteiger partial charge in [-0.1, -0.05) is 42.5 Å². The Kier molecular flexibility index (Phi) is 5.22. The van der Waals surface area contributed by atoms with Crippen LogP contribution in [0.25, 0.3) is 21.8 Å². The second-order valence-electron chi connectivity index (χ2n) is 7.50. The average molecular weight is 416 g/mol. The van der Waals surface area contributed by atoms with Crippen molar-refractivity contribution < 1.29 is 0 Å². The molecule has 0 amide bonds. The molecule has 0 aliphatic rings. The number of nitrogens with zero attached hydrogens (tertiary/aromatic N) is 5. The third-order valence-electron chi connectivity index (χ3n) is 5.32. The van der Waals surface area contributed by atoms with Crippen LogP contribution in [0.3, 0.4) is 0 Å². The SMILES string of the molecule is C/C(=N\c1ccnc2ccccc12)c1cccc(/C(C)=N/c2ccnc3ccccc23)n1. The molecule has 0 N–H and O–H groups in total. The van der Waals surface area contributed by atoms with Gasteiger partial charge in [0.1, 0.15) is 0 Å². The van der Waals surface area contributed by atoms with Crippen LogP contribution in [-0.4, -0.2) is 26.4 Å². The molecule has 3 heterocycles. The third-order valence-corrected chi connectivity index (χ3v) is 5.32. The predicted molar refractivity (Wildman–Crippen MR) is 131 cm³/mol. The van der Waals surface area contributed by atoms with Gasteiger partial charge in [0.25, 0.3) is 0 Å². The lowest BCUT2D eigenvalue weighted by Gasteiger charge is -2.07. The Balaban J connectivity index is 1.51. The summed E-state index contributed by atoms with van der Waals surface area (Å²) < 4.78 is 0. The first kappa shape index (κ1) is 19.7. The Hall–Kier alpha value is -4.25. The Morgan fingerprint density at radius 1 is 0.562 bits per heavy atom. The fourth-order valence-electron chi connectivity index (χ4n) is 3.67. The van der Waals surface area contributed by atoms with Crippen molar-refractivity contribution in [1.82, 2.24) is 15.0 Å². The number of aromatic nitrogens is 3. The number of para-hydroxylation sites is 2. The van der Waals surface area contributed by atoms with Gasteiger partial charge in [0.2, 0.25) is 0 Å². The van der Waals surface area contributed by atoms with Crippen molar-refractivity contribution in [1.29, 1.82) is 0 Å². The van der Waals surface area contributed by atoms with Gasteiger partial charge in [-0.3, -0.25) is 20.0 Å². The fourth-order valence-corrected chi connectivity index (χ4v) is 3.67. The molecule has 0 aliphatic heterocycles. The summed E-state index contributed by atoms with van der Waals surface area (Å²) in [6.45, 7) is 3.95. The third kappa shape index (κ3) is 3.88. The second kappa shape index (κ2) is 8.47. The van der Waals surface area contributed by atoms with E-state index in [0.29, 0.717) is 0 Å². The van der Waals surface area contributed by atoms with E-state index in [9.17, 15) is 0 Å². The molecule has 5 aromatic rings. The van der Waals surface area contributed by atoms with Crippen molar-refractivity contribution in [2.75, 3.05) is 0 Å². The van der Waals surface area contributed by atoms with Crippen LogP contribution in [0.4, 0.5) is 11.4 Å². The van der Waals surface area contributed by atoms with E-state index >= 15 is 0 Å². The van der Waals surface area contributed by atoms with Crippen LogP contribution < -0.4 is 0 Å². The number of rotatable bonds is 4. The zero-order chi connectivity index (χ0) is 21.9. The predicted octanol–water partition coefficient (Wildman–Crippen LogP) is 6.46. The van der Waals surface area contributed by atoms with Crippen molar-refractivity contribution >= 4 is 44.6 Å². The summed E-state index contributed by atoms with van der Waals surface area (Å²) >= 11 is 0. The van der Waals surface area contributed by atoms with Crippen molar-refractivity contribution in [3.8, 4) is 0 Å². The molecule has 0 aliphatic carbocycles. The van der Waals surface area contributed by atoms with Crippen molar-refractivity contribution in [2.45, 2.75) is 13.8 Å². The molecule has 154 valence electrons. The van der Waals surface area contributed by atoms with Crippen LogP contribution in [0.5, 0.6) is 0 Å². The normalized spacial score (nSPS) is 12.4. The van der Waals surface area contributed by atoms with E-state index in [1.165, 1.54) is 0 Å². The molecule has 0 saturated heterocycles. The molecule has 0 bridgehead atoms. The lowest BCUT2D eigenvalue weighted by atomic mass is 10.1. The number of hydrogen-bond donors (Lipinski definition) is 0. The molecule has 0 radical (unpaired) electrons. The average Bonchev–Trinajstić information content (AvgIpc) is 2.84. The second-order valence-corrected chi connectivity index (χ2v) is 7.50. The minimum absolute atomic E-state index is 0.817. The Morgan fingerprint density at radius 3 is 1.53 bits per heavy atom. The molecule has 0 spiro atoms. The molecule has 5 heteroatoms. The summed E-state index contributed by atoms with van der Waals surface area (Å²) in [5.74, 6) is 0. The molecule has 5 rings (SSSR count). The highest BCUT2D eigenvalue weighted by Gasteiger charge is 2.07. The van der Waals surface area contributed by atoms with Crippen molar-refractivity contribution in [3.05, 3.63) is 103 Å². The Labute approximate surface area is 186 Å². The van der Waals surface area contributed by atoms with Gasteiger partial charge in [0, 0.05) is 23.2 Å². The van der Waals surface area contributed by atoms with Crippen LogP contribution in [0.1, 0.15) is 25.2 Å². The first-order chi connectivity index (χ1) is 15.7. The minimum Gasteiger partial charge on any atom is -0.256 e. The zero-order valence-electron chi connectivity index (χ0n) is 17.9. The van der Waals surface area contributed by atoms with Gasteiger partial charge in [0.05, 0.1) is 45.2 Å². The highest BCUT2D eigenvalue weighted by atomic mass is 14.8. The molecule has 3 aromatic heterocycles. The molecule has 0 saturated carbocycles. The summed E-state index contributed by atoms with van der Waals surface area (Å²) in [7, 11) is 0. The highest BCUT2D eigenvalue weighted by molar-refractivity contribution is 6.04. The van der Waals surface area contributed by atoms with E-state index in [2.05, 4.69) is 9.97 Å². The van der Waals surface area contributed by atoms with E-state index in [1.54, 1.807) is 12.4 Å². The number of pyridine rings is 3. The standard InChI is InChI=1S/C27H21N5/c1-18(30-26-14-16-28-24-10-5-3-8-20(24)26)22-12-7-13-23(32-22)19(2)31-27-15-17-29-25-11-6-4-9-21(25)27/h3-17H,1-2H3/b30-18+,31-19+. The van der Waals surface area contributed by atoms with Crippen molar-refractivity contribution in [3.63, 3.8) is 0 Å². The number of benzene rings is 2. The first-order valence-electron chi connectivity index (χ1n) is 10.4. The van der Waals surface area contributed by atoms with Crippen LogP contribution in [0, 0.1) is 0 Å². The maximum Gasteiger partial charge on any atom is 0.0849 e. The smallest absolute Gasteiger partial charge is 0.0849 e.